The average Bonchev–Trinajstić information content (AvgIpc) is 2.92. The Bertz CT molecular complexity index is 1310. The third-order valence-electron chi connectivity index (χ3n) is 6.95. The summed E-state index contributed by atoms with van der Waals surface area (Å²) in [5, 5.41) is 9.17. The number of ether oxygens (including phenoxy) is 1. The van der Waals surface area contributed by atoms with Gasteiger partial charge in [-0.25, -0.2) is 4.39 Å². The smallest absolute Gasteiger partial charge is 0.303 e. The van der Waals surface area contributed by atoms with Gasteiger partial charge in [0.25, 0.3) is 0 Å². The summed E-state index contributed by atoms with van der Waals surface area (Å²) in [6, 6.07) is 23.1. The first-order valence-electron chi connectivity index (χ1n) is 13.0. The summed E-state index contributed by atoms with van der Waals surface area (Å²) in [5.74, 6) is 5.89. The number of aliphatic carboxylic acids is 1. The second-order valence-electron chi connectivity index (χ2n) is 9.84. The molecular formula is C32H34FNO3Si. The first-order valence-corrected chi connectivity index (χ1v) is 14.2. The molecule has 1 aliphatic rings. The van der Waals surface area contributed by atoms with Crippen LogP contribution < -0.4 is 4.74 Å². The van der Waals surface area contributed by atoms with Gasteiger partial charge in [-0.15, -0.1) is 5.92 Å². The van der Waals surface area contributed by atoms with Gasteiger partial charge in [-0.2, -0.15) is 0 Å². The predicted molar refractivity (Wildman–Crippen MR) is 154 cm³/mol. The summed E-state index contributed by atoms with van der Waals surface area (Å²) in [6.45, 7) is 5.02. The Labute approximate surface area is 227 Å². The van der Waals surface area contributed by atoms with Crippen LogP contribution in [0.15, 0.2) is 78.9 Å². The van der Waals surface area contributed by atoms with Crippen LogP contribution >= 0.6 is 0 Å². The van der Waals surface area contributed by atoms with Crippen molar-refractivity contribution in [2.75, 3.05) is 13.1 Å². The first-order chi connectivity index (χ1) is 18.4. The second kappa shape index (κ2) is 13.2. The Morgan fingerprint density at radius 1 is 1.05 bits per heavy atom. The summed E-state index contributed by atoms with van der Waals surface area (Å²) in [5.41, 5.74) is 5.85. The highest BCUT2D eigenvalue weighted by Gasteiger charge is 2.20. The second-order valence-corrected chi connectivity index (χ2v) is 11.3. The van der Waals surface area contributed by atoms with Crippen LogP contribution in [0, 0.1) is 17.7 Å². The number of benzene rings is 3. The topological polar surface area (TPSA) is 49.8 Å². The van der Waals surface area contributed by atoms with Crippen LogP contribution in [0.4, 0.5) is 4.39 Å². The molecule has 4 rings (SSSR count). The maximum absolute atomic E-state index is 13.2. The van der Waals surface area contributed by atoms with Gasteiger partial charge in [0.2, 0.25) is 0 Å². The van der Waals surface area contributed by atoms with Crippen LogP contribution in [0.3, 0.4) is 0 Å². The zero-order valence-corrected chi connectivity index (χ0v) is 24.0. The van der Waals surface area contributed by atoms with Gasteiger partial charge in [0.15, 0.2) is 0 Å². The molecule has 38 heavy (non-hydrogen) atoms. The molecule has 1 heterocycles. The molecule has 1 unspecified atom stereocenters. The van der Waals surface area contributed by atoms with Crippen LogP contribution in [-0.2, 0) is 17.9 Å². The number of carboxylic acid groups (broad SMARTS) is 1. The van der Waals surface area contributed by atoms with E-state index in [4.69, 9.17) is 9.84 Å². The lowest BCUT2D eigenvalue weighted by Gasteiger charge is -2.26. The number of halogens is 1. The van der Waals surface area contributed by atoms with E-state index in [2.05, 4.69) is 47.1 Å². The normalized spacial score (nSPS) is 15.2. The fraction of sp³-hybridized carbons (Fsp3) is 0.281. The summed E-state index contributed by atoms with van der Waals surface area (Å²) >= 11 is 0. The Morgan fingerprint density at radius 3 is 2.34 bits per heavy atom. The molecule has 0 bridgehead atoms. The Hall–Kier alpha value is -3.66. The van der Waals surface area contributed by atoms with E-state index in [0.29, 0.717) is 6.61 Å². The van der Waals surface area contributed by atoms with Gasteiger partial charge in [-0.3, -0.25) is 9.69 Å². The zero-order chi connectivity index (χ0) is 26.9. The molecule has 0 aliphatic carbocycles. The number of rotatable bonds is 10. The maximum Gasteiger partial charge on any atom is 0.303 e. The third kappa shape index (κ3) is 7.67. The molecule has 4 nitrogen and oxygen atoms in total. The van der Waals surface area contributed by atoms with Gasteiger partial charge >= 0.3 is 5.97 Å². The lowest BCUT2D eigenvalue weighted by atomic mass is 9.94. The van der Waals surface area contributed by atoms with Gasteiger partial charge in [0.1, 0.15) is 18.2 Å². The Kier molecular flexibility index (Phi) is 9.53. The van der Waals surface area contributed by atoms with Gasteiger partial charge in [-0.1, -0.05) is 60.5 Å². The molecule has 1 aliphatic heterocycles. The highest BCUT2D eigenvalue weighted by Crippen LogP contribution is 2.30. The zero-order valence-electron chi connectivity index (χ0n) is 22.0. The summed E-state index contributed by atoms with van der Waals surface area (Å²) in [6.07, 6.45) is 3.35. The first kappa shape index (κ1) is 27.4. The van der Waals surface area contributed by atoms with Crippen molar-refractivity contribution >= 4 is 21.8 Å². The minimum Gasteiger partial charge on any atom is -0.489 e. The third-order valence-corrected chi connectivity index (χ3v) is 8.02. The lowest BCUT2D eigenvalue weighted by molar-refractivity contribution is -0.137. The highest BCUT2D eigenvalue weighted by molar-refractivity contribution is 6.13. The largest absolute Gasteiger partial charge is 0.489 e. The van der Waals surface area contributed by atoms with E-state index in [-0.39, 0.29) is 23.7 Å². The van der Waals surface area contributed by atoms with Crippen molar-refractivity contribution in [3.8, 4) is 17.6 Å². The minimum absolute atomic E-state index is 0.0584. The molecule has 0 spiro atoms. The summed E-state index contributed by atoms with van der Waals surface area (Å²) < 4.78 is 19.2. The predicted octanol–water partition coefficient (Wildman–Crippen LogP) is 5.43. The van der Waals surface area contributed by atoms with E-state index >= 15 is 0 Å². The molecule has 3 aromatic carbocycles. The Balaban J connectivity index is 1.27. The number of nitrogens with zero attached hydrogens (tertiary/aromatic N) is 1. The fourth-order valence-electron chi connectivity index (χ4n) is 4.82. The average molecular weight is 528 g/mol. The van der Waals surface area contributed by atoms with E-state index < -0.39 is 5.97 Å². The number of carbonyl (C=O) groups is 1. The van der Waals surface area contributed by atoms with Crippen molar-refractivity contribution < 1.29 is 19.0 Å². The van der Waals surface area contributed by atoms with Gasteiger partial charge in [0.05, 0.1) is 0 Å². The van der Waals surface area contributed by atoms with Crippen molar-refractivity contribution in [2.45, 2.75) is 44.4 Å². The summed E-state index contributed by atoms with van der Waals surface area (Å²) in [7, 11) is 0.765. The molecule has 0 saturated carbocycles. The minimum atomic E-state index is -0.775. The number of hydrogen-bond acceptors (Lipinski definition) is 3. The SMILES string of the molecule is CC#C[C@H](c1ccc(OCc2ccc(CN3CC=C(c4ccc(F)cc4)CC3)cc2)cc1)C([SiH3])CC(=O)O. The molecule has 3 aromatic rings. The van der Waals surface area contributed by atoms with E-state index in [0.717, 1.165) is 58.7 Å². The standard InChI is InChI=1S/C32H34FNO3Si/c1-2-3-30(31(38)20-32(35)36)27-10-14-29(15-11-27)37-22-24-6-4-23(5-7-24)21-34-18-16-26(17-19-34)25-8-12-28(33)13-9-25/h4-16,30-31H,17-22H2,1,38H3,(H,35,36)/t30-,31?/m1/s1. The van der Waals surface area contributed by atoms with Crippen LogP contribution in [-0.4, -0.2) is 39.3 Å². The molecule has 6 heteroatoms. The Morgan fingerprint density at radius 2 is 1.74 bits per heavy atom. The van der Waals surface area contributed by atoms with Crippen LogP contribution in [0.2, 0.25) is 5.54 Å². The molecule has 0 fully saturated rings. The molecule has 0 radical (unpaired) electrons. The van der Waals surface area contributed by atoms with E-state index in [9.17, 15) is 9.18 Å². The molecule has 196 valence electrons. The highest BCUT2D eigenvalue weighted by atomic mass is 28.1. The quantitative estimate of drug-likeness (QED) is 0.282. The van der Waals surface area contributed by atoms with Crippen LogP contribution in [0.1, 0.15) is 47.9 Å². The molecule has 1 N–H and O–H groups in total. The summed E-state index contributed by atoms with van der Waals surface area (Å²) in [4.78, 5) is 13.6. The van der Waals surface area contributed by atoms with Crippen LogP contribution in [0.5, 0.6) is 5.75 Å². The molecule has 0 amide bonds. The van der Waals surface area contributed by atoms with Crippen molar-refractivity contribution in [2.24, 2.45) is 0 Å². The van der Waals surface area contributed by atoms with Crippen molar-refractivity contribution in [1.29, 1.82) is 0 Å². The monoisotopic (exact) mass is 527 g/mol. The van der Waals surface area contributed by atoms with Gasteiger partial charge < -0.3 is 9.84 Å². The lowest BCUT2D eigenvalue weighted by Crippen LogP contribution is -2.28. The number of carboxylic acids is 1. The van der Waals surface area contributed by atoms with E-state index in [1.807, 2.05) is 36.4 Å². The molecule has 0 aromatic heterocycles. The molecular weight excluding hydrogens is 493 g/mol. The molecule has 2 atom stereocenters. The fourth-order valence-corrected chi connectivity index (χ4v) is 5.72. The maximum atomic E-state index is 13.2. The number of hydrogen-bond donors (Lipinski definition) is 1. The van der Waals surface area contributed by atoms with Crippen molar-refractivity contribution in [3.63, 3.8) is 0 Å². The van der Waals surface area contributed by atoms with Crippen molar-refractivity contribution in [3.05, 3.63) is 107 Å². The van der Waals surface area contributed by atoms with Crippen molar-refractivity contribution in [1.82, 2.24) is 4.90 Å². The molecule has 0 saturated heterocycles. The van der Waals surface area contributed by atoms with Crippen LogP contribution in [0.25, 0.3) is 5.57 Å². The van der Waals surface area contributed by atoms with E-state index in [1.54, 1.807) is 6.92 Å². The van der Waals surface area contributed by atoms with Gasteiger partial charge in [0, 0.05) is 42.2 Å². The van der Waals surface area contributed by atoms with Gasteiger partial charge in [-0.05, 0) is 71.0 Å². The van der Waals surface area contributed by atoms with E-state index in [1.165, 1.54) is 23.3 Å².